The minimum atomic E-state index is -0.0612. The summed E-state index contributed by atoms with van der Waals surface area (Å²) in [6.07, 6.45) is 1.78. The normalized spacial score (nSPS) is 16.4. The Labute approximate surface area is 87.6 Å². The number of amides is 1. The summed E-state index contributed by atoms with van der Waals surface area (Å²) in [5.74, 6) is 0.579. The number of hydrogen-bond donors (Lipinski definition) is 1. The van der Waals surface area contributed by atoms with E-state index in [2.05, 4.69) is 5.32 Å². The fourth-order valence-corrected chi connectivity index (χ4v) is 2.31. The van der Waals surface area contributed by atoms with E-state index in [0.717, 1.165) is 16.1 Å². The second kappa shape index (κ2) is 4.46. The van der Waals surface area contributed by atoms with E-state index in [-0.39, 0.29) is 11.7 Å². The summed E-state index contributed by atoms with van der Waals surface area (Å²) in [6.45, 7) is 3.39. The first-order valence-electron chi connectivity index (χ1n) is 4.33. The lowest BCUT2D eigenvalue weighted by Crippen LogP contribution is -2.23. The van der Waals surface area contributed by atoms with Crippen LogP contribution in [-0.4, -0.2) is 24.5 Å². The Balaban J connectivity index is 2.96. The van der Waals surface area contributed by atoms with Crippen molar-refractivity contribution in [3.8, 4) is 0 Å². The van der Waals surface area contributed by atoms with Crippen molar-refractivity contribution in [3.63, 3.8) is 0 Å². The number of hydrogen-bond acceptors (Lipinski definition) is 3. The van der Waals surface area contributed by atoms with Gasteiger partial charge in [0.25, 0.3) is 0 Å². The van der Waals surface area contributed by atoms with E-state index in [4.69, 9.17) is 0 Å². The van der Waals surface area contributed by atoms with Crippen LogP contribution in [0, 0.1) is 0 Å². The summed E-state index contributed by atoms with van der Waals surface area (Å²) in [5.41, 5.74) is 1.64. The SMILES string of the molecule is CNC(=O)C1=C(C)C=C(C(C)=O)SC1. The number of carbonyl (C=O) groups excluding carboxylic acids is 2. The van der Waals surface area contributed by atoms with Gasteiger partial charge in [-0.15, -0.1) is 11.8 Å². The Hall–Kier alpha value is -1.03. The molecule has 0 bridgehead atoms. The number of rotatable bonds is 2. The molecular weight excluding hydrogens is 198 g/mol. The van der Waals surface area contributed by atoms with Crippen molar-refractivity contribution in [3.05, 3.63) is 22.1 Å². The lowest BCUT2D eigenvalue weighted by molar-refractivity contribution is -0.117. The quantitative estimate of drug-likeness (QED) is 0.748. The molecule has 0 saturated heterocycles. The molecule has 0 radical (unpaired) electrons. The van der Waals surface area contributed by atoms with Crippen LogP contribution in [0.1, 0.15) is 13.8 Å². The van der Waals surface area contributed by atoms with Crippen LogP contribution < -0.4 is 5.32 Å². The van der Waals surface area contributed by atoms with Crippen LogP contribution in [0.15, 0.2) is 22.1 Å². The molecule has 1 heterocycles. The van der Waals surface area contributed by atoms with Gasteiger partial charge in [0, 0.05) is 18.4 Å². The molecule has 0 aromatic heterocycles. The van der Waals surface area contributed by atoms with E-state index in [1.807, 2.05) is 6.92 Å². The fourth-order valence-electron chi connectivity index (χ4n) is 1.19. The average molecular weight is 211 g/mol. The van der Waals surface area contributed by atoms with Crippen molar-refractivity contribution in [1.29, 1.82) is 0 Å². The third kappa shape index (κ3) is 2.26. The molecule has 1 aliphatic rings. The van der Waals surface area contributed by atoms with Gasteiger partial charge in [-0.25, -0.2) is 0 Å². The standard InChI is InChI=1S/C10H13NO2S/c1-6-4-9(7(2)12)14-5-8(6)10(13)11-3/h4H,5H2,1-3H3,(H,11,13). The van der Waals surface area contributed by atoms with Crippen molar-refractivity contribution in [2.24, 2.45) is 0 Å². The Morgan fingerprint density at radius 1 is 1.50 bits per heavy atom. The molecule has 1 N–H and O–H groups in total. The summed E-state index contributed by atoms with van der Waals surface area (Å²) in [6, 6.07) is 0. The molecule has 0 unspecified atom stereocenters. The molecule has 1 aliphatic heterocycles. The van der Waals surface area contributed by atoms with Crippen molar-refractivity contribution < 1.29 is 9.59 Å². The lowest BCUT2D eigenvalue weighted by Gasteiger charge is -2.14. The highest BCUT2D eigenvalue weighted by molar-refractivity contribution is 8.04. The molecule has 0 aliphatic carbocycles. The molecule has 76 valence electrons. The second-order valence-corrected chi connectivity index (χ2v) is 4.11. The van der Waals surface area contributed by atoms with Crippen LogP contribution >= 0.6 is 11.8 Å². The number of thioether (sulfide) groups is 1. The van der Waals surface area contributed by atoms with Crippen LogP contribution in [0.2, 0.25) is 0 Å². The number of Topliss-reactive ketones (excluding diaryl/α,β-unsaturated/α-hetero) is 1. The molecule has 0 aromatic carbocycles. The molecule has 3 nitrogen and oxygen atoms in total. The summed E-state index contributed by atoms with van der Waals surface area (Å²) >= 11 is 1.42. The van der Waals surface area contributed by atoms with Crippen LogP contribution in [0.3, 0.4) is 0 Å². The van der Waals surface area contributed by atoms with E-state index in [0.29, 0.717) is 5.75 Å². The molecule has 0 atom stereocenters. The van der Waals surface area contributed by atoms with Crippen LogP contribution in [0.25, 0.3) is 0 Å². The van der Waals surface area contributed by atoms with E-state index in [1.165, 1.54) is 18.7 Å². The predicted molar refractivity (Wildman–Crippen MR) is 58.0 cm³/mol. The van der Waals surface area contributed by atoms with Crippen molar-refractivity contribution in [1.82, 2.24) is 5.32 Å². The Kier molecular flexibility index (Phi) is 3.52. The maximum atomic E-state index is 11.4. The predicted octanol–water partition coefficient (Wildman–Crippen LogP) is 1.27. The number of nitrogens with one attached hydrogen (secondary N) is 1. The zero-order valence-corrected chi connectivity index (χ0v) is 9.33. The topological polar surface area (TPSA) is 46.2 Å². The molecule has 1 amide bonds. The Morgan fingerprint density at radius 2 is 2.14 bits per heavy atom. The van der Waals surface area contributed by atoms with Gasteiger partial charge in [0.15, 0.2) is 5.78 Å². The summed E-state index contributed by atoms with van der Waals surface area (Å²) < 4.78 is 0. The third-order valence-corrected chi connectivity index (χ3v) is 3.19. The highest BCUT2D eigenvalue weighted by atomic mass is 32.2. The van der Waals surface area contributed by atoms with E-state index >= 15 is 0 Å². The number of ketones is 1. The van der Waals surface area contributed by atoms with Gasteiger partial charge in [0.1, 0.15) is 0 Å². The zero-order chi connectivity index (χ0) is 10.7. The number of carbonyl (C=O) groups is 2. The van der Waals surface area contributed by atoms with E-state index in [1.54, 1.807) is 13.1 Å². The van der Waals surface area contributed by atoms with Gasteiger partial charge in [0.05, 0.1) is 4.91 Å². The molecule has 4 heteroatoms. The van der Waals surface area contributed by atoms with Gasteiger partial charge >= 0.3 is 0 Å². The number of allylic oxidation sites excluding steroid dienone is 3. The summed E-state index contributed by atoms with van der Waals surface area (Å²) in [7, 11) is 1.61. The molecule has 0 fully saturated rings. The molecule has 0 saturated carbocycles. The maximum Gasteiger partial charge on any atom is 0.248 e. The summed E-state index contributed by atoms with van der Waals surface area (Å²) in [4.78, 5) is 23.2. The molecule has 1 rings (SSSR count). The average Bonchev–Trinajstić information content (AvgIpc) is 2.16. The minimum Gasteiger partial charge on any atom is -0.355 e. The van der Waals surface area contributed by atoms with Crippen LogP contribution in [0.5, 0.6) is 0 Å². The third-order valence-electron chi connectivity index (χ3n) is 2.04. The maximum absolute atomic E-state index is 11.4. The largest absolute Gasteiger partial charge is 0.355 e. The van der Waals surface area contributed by atoms with Gasteiger partial charge in [-0.3, -0.25) is 9.59 Å². The van der Waals surface area contributed by atoms with Crippen molar-refractivity contribution in [2.75, 3.05) is 12.8 Å². The fraction of sp³-hybridized carbons (Fsp3) is 0.400. The van der Waals surface area contributed by atoms with Gasteiger partial charge in [-0.2, -0.15) is 0 Å². The Morgan fingerprint density at radius 3 is 2.57 bits per heavy atom. The van der Waals surface area contributed by atoms with Crippen LogP contribution in [-0.2, 0) is 9.59 Å². The molecular formula is C10H13NO2S. The second-order valence-electron chi connectivity index (χ2n) is 3.09. The van der Waals surface area contributed by atoms with Crippen molar-refractivity contribution >= 4 is 23.5 Å². The van der Waals surface area contributed by atoms with Gasteiger partial charge in [0.2, 0.25) is 5.91 Å². The number of likely N-dealkylation sites (N-methyl/N-ethyl adjacent to an activating group) is 1. The smallest absolute Gasteiger partial charge is 0.248 e. The molecule has 0 spiro atoms. The van der Waals surface area contributed by atoms with Gasteiger partial charge in [-0.1, -0.05) is 0 Å². The van der Waals surface area contributed by atoms with Crippen molar-refractivity contribution in [2.45, 2.75) is 13.8 Å². The first-order valence-corrected chi connectivity index (χ1v) is 5.32. The first-order chi connectivity index (χ1) is 6.56. The lowest BCUT2D eigenvalue weighted by atomic mass is 10.1. The minimum absolute atomic E-state index is 0.0605. The zero-order valence-electron chi connectivity index (χ0n) is 8.51. The van der Waals surface area contributed by atoms with Gasteiger partial charge < -0.3 is 5.32 Å². The first kappa shape index (κ1) is 11.0. The van der Waals surface area contributed by atoms with Crippen LogP contribution in [0.4, 0.5) is 0 Å². The molecule has 14 heavy (non-hydrogen) atoms. The molecule has 0 aromatic rings. The summed E-state index contributed by atoms with van der Waals surface area (Å²) in [5, 5.41) is 2.58. The van der Waals surface area contributed by atoms with E-state index in [9.17, 15) is 9.59 Å². The van der Waals surface area contributed by atoms with E-state index < -0.39 is 0 Å². The Bertz CT molecular complexity index is 342. The monoisotopic (exact) mass is 211 g/mol. The van der Waals surface area contributed by atoms with Gasteiger partial charge in [-0.05, 0) is 25.5 Å². The highest BCUT2D eigenvalue weighted by Crippen LogP contribution is 2.28. The highest BCUT2D eigenvalue weighted by Gasteiger charge is 2.18.